The second-order valence-electron chi connectivity index (χ2n) is 6.67. The first-order valence-corrected chi connectivity index (χ1v) is 11.2. The highest BCUT2D eigenvalue weighted by Gasteiger charge is 2.33. The van der Waals surface area contributed by atoms with Crippen molar-refractivity contribution < 1.29 is 40.2 Å². The van der Waals surface area contributed by atoms with Gasteiger partial charge in [-0.15, -0.1) is 0 Å². The van der Waals surface area contributed by atoms with E-state index in [1.807, 2.05) is 4.72 Å². The van der Waals surface area contributed by atoms with Gasteiger partial charge in [0, 0.05) is 25.3 Å². The van der Waals surface area contributed by atoms with Crippen molar-refractivity contribution in [3.8, 4) is 5.88 Å². The Kier molecular flexibility index (Phi) is 8.76. The van der Waals surface area contributed by atoms with Gasteiger partial charge < -0.3 is 14.8 Å². The standard InChI is InChI=1S/C20H21F4N3O5S/c1-31-9-10-32-19-14(4-7-17(26-19)20(22,23)24)5-8-18(28)25-12-13-3-6-16(15(21)11-13)27-33(2,29)30/h3-8,11,27H,9-10,12H2,1-2H3,(H,25,28)/b8-5-. The van der Waals surface area contributed by atoms with Crippen LogP contribution in [0.1, 0.15) is 16.8 Å². The number of carbonyl (C=O) groups excluding carboxylic acids is 1. The van der Waals surface area contributed by atoms with Crippen LogP contribution in [0.3, 0.4) is 0 Å². The number of hydrogen-bond donors (Lipinski definition) is 2. The van der Waals surface area contributed by atoms with E-state index < -0.39 is 33.6 Å². The summed E-state index contributed by atoms with van der Waals surface area (Å²) in [5.74, 6) is -1.75. The summed E-state index contributed by atoms with van der Waals surface area (Å²) < 4.78 is 87.2. The lowest BCUT2D eigenvalue weighted by Crippen LogP contribution is -2.20. The summed E-state index contributed by atoms with van der Waals surface area (Å²) in [7, 11) is -2.25. The van der Waals surface area contributed by atoms with Crippen LogP contribution in [-0.4, -0.2) is 45.9 Å². The van der Waals surface area contributed by atoms with Crippen molar-refractivity contribution in [2.24, 2.45) is 0 Å². The first-order valence-electron chi connectivity index (χ1n) is 9.31. The minimum absolute atomic E-state index is 0.0480. The fraction of sp³-hybridized carbons (Fsp3) is 0.300. The molecule has 0 aliphatic heterocycles. The molecule has 0 radical (unpaired) electrons. The lowest BCUT2D eigenvalue weighted by molar-refractivity contribution is -0.141. The summed E-state index contributed by atoms with van der Waals surface area (Å²) in [6.07, 6.45) is -1.50. The lowest BCUT2D eigenvalue weighted by Gasteiger charge is -2.11. The van der Waals surface area contributed by atoms with Gasteiger partial charge in [0.2, 0.25) is 21.8 Å². The number of ether oxygens (including phenoxy) is 2. The van der Waals surface area contributed by atoms with Crippen LogP contribution in [-0.2, 0) is 32.3 Å². The summed E-state index contributed by atoms with van der Waals surface area (Å²) in [4.78, 5) is 15.5. The van der Waals surface area contributed by atoms with E-state index >= 15 is 0 Å². The predicted molar refractivity (Wildman–Crippen MR) is 112 cm³/mol. The smallest absolute Gasteiger partial charge is 0.433 e. The molecule has 1 aromatic carbocycles. The van der Waals surface area contributed by atoms with Gasteiger partial charge in [0.1, 0.15) is 18.1 Å². The fourth-order valence-electron chi connectivity index (χ4n) is 2.44. The number of anilines is 1. The van der Waals surface area contributed by atoms with Crippen molar-refractivity contribution in [3.05, 3.63) is 59.0 Å². The highest BCUT2D eigenvalue weighted by Crippen LogP contribution is 2.30. The summed E-state index contributed by atoms with van der Waals surface area (Å²) in [5, 5.41) is 2.48. The summed E-state index contributed by atoms with van der Waals surface area (Å²) in [6, 6.07) is 5.56. The van der Waals surface area contributed by atoms with Crippen LogP contribution < -0.4 is 14.8 Å². The Labute approximate surface area is 187 Å². The number of nitrogens with zero attached hydrogens (tertiary/aromatic N) is 1. The van der Waals surface area contributed by atoms with E-state index in [0.29, 0.717) is 5.56 Å². The van der Waals surface area contributed by atoms with Crippen LogP contribution in [0.2, 0.25) is 0 Å². The molecule has 180 valence electrons. The molecule has 1 amide bonds. The summed E-state index contributed by atoms with van der Waals surface area (Å²) in [5.41, 5.74) is -0.889. The Morgan fingerprint density at radius 2 is 1.91 bits per heavy atom. The number of carbonyl (C=O) groups is 1. The topological polar surface area (TPSA) is 107 Å². The number of alkyl halides is 3. The van der Waals surface area contributed by atoms with Gasteiger partial charge in [-0.25, -0.2) is 17.8 Å². The van der Waals surface area contributed by atoms with Gasteiger partial charge >= 0.3 is 6.18 Å². The molecule has 0 spiro atoms. The summed E-state index contributed by atoms with van der Waals surface area (Å²) in [6.45, 7) is -0.00801. The quantitative estimate of drug-likeness (QED) is 0.301. The van der Waals surface area contributed by atoms with Crippen LogP contribution in [0.25, 0.3) is 6.08 Å². The molecule has 1 aromatic heterocycles. The first-order chi connectivity index (χ1) is 15.4. The molecule has 0 bridgehead atoms. The average molecular weight is 491 g/mol. The molecule has 0 aliphatic carbocycles. The molecule has 0 unspecified atom stereocenters. The molecule has 8 nitrogen and oxygen atoms in total. The number of nitrogens with one attached hydrogen (secondary N) is 2. The van der Waals surface area contributed by atoms with Gasteiger partial charge in [-0.1, -0.05) is 6.07 Å². The van der Waals surface area contributed by atoms with Crippen molar-refractivity contribution >= 4 is 27.7 Å². The van der Waals surface area contributed by atoms with Gasteiger partial charge in [0.15, 0.2) is 0 Å². The average Bonchev–Trinajstić information content (AvgIpc) is 2.71. The Morgan fingerprint density at radius 1 is 1.18 bits per heavy atom. The minimum Gasteiger partial charge on any atom is -0.475 e. The van der Waals surface area contributed by atoms with Crippen LogP contribution in [0, 0.1) is 5.82 Å². The maximum absolute atomic E-state index is 14.0. The van der Waals surface area contributed by atoms with Gasteiger partial charge in [-0.2, -0.15) is 13.2 Å². The molecule has 0 saturated carbocycles. The number of amides is 1. The van der Waals surface area contributed by atoms with E-state index in [0.717, 1.165) is 30.5 Å². The van der Waals surface area contributed by atoms with Crippen molar-refractivity contribution in [3.63, 3.8) is 0 Å². The molecule has 0 fully saturated rings. The van der Waals surface area contributed by atoms with E-state index in [9.17, 15) is 30.8 Å². The number of methoxy groups -OCH3 is 1. The van der Waals surface area contributed by atoms with Crippen molar-refractivity contribution in [1.82, 2.24) is 10.3 Å². The third-order valence-electron chi connectivity index (χ3n) is 3.92. The Hall–Kier alpha value is -3.19. The third-order valence-corrected chi connectivity index (χ3v) is 4.51. The number of pyridine rings is 1. The van der Waals surface area contributed by atoms with Gasteiger partial charge in [0.05, 0.1) is 18.6 Å². The number of rotatable bonds is 10. The molecule has 33 heavy (non-hydrogen) atoms. The molecular weight excluding hydrogens is 470 g/mol. The highest BCUT2D eigenvalue weighted by atomic mass is 32.2. The van der Waals surface area contributed by atoms with Gasteiger partial charge in [0.25, 0.3) is 0 Å². The third kappa shape index (κ3) is 8.69. The molecule has 2 rings (SSSR count). The number of hydrogen-bond acceptors (Lipinski definition) is 6. The molecule has 0 aliphatic rings. The normalized spacial score (nSPS) is 12.1. The van der Waals surface area contributed by atoms with E-state index in [2.05, 4.69) is 10.3 Å². The van der Waals surface area contributed by atoms with Crippen molar-refractivity contribution in [2.45, 2.75) is 12.7 Å². The van der Waals surface area contributed by atoms with Gasteiger partial charge in [-0.3, -0.25) is 9.52 Å². The summed E-state index contributed by atoms with van der Waals surface area (Å²) >= 11 is 0. The second kappa shape index (κ2) is 11.1. The molecule has 2 N–H and O–H groups in total. The zero-order valence-corrected chi connectivity index (χ0v) is 18.4. The zero-order chi connectivity index (χ0) is 24.6. The molecular formula is C20H21F4N3O5S. The Morgan fingerprint density at radius 3 is 2.52 bits per heavy atom. The molecule has 0 saturated heterocycles. The van der Waals surface area contributed by atoms with E-state index in [-0.39, 0.29) is 36.9 Å². The van der Waals surface area contributed by atoms with Crippen molar-refractivity contribution in [1.29, 1.82) is 0 Å². The number of aromatic nitrogens is 1. The lowest BCUT2D eigenvalue weighted by atomic mass is 10.2. The second-order valence-corrected chi connectivity index (χ2v) is 8.42. The van der Waals surface area contributed by atoms with E-state index in [1.165, 1.54) is 25.3 Å². The molecule has 13 heteroatoms. The van der Waals surface area contributed by atoms with E-state index in [4.69, 9.17) is 9.47 Å². The van der Waals surface area contributed by atoms with Crippen LogP contribution >= 0.6 is 0 Å². The van der Waals surface area contributed by atoms with Crippen LogP contribution in [0.5, 0.6) is 5.88 Å². The van der Waals surface area contributed by atoms with Crippen LogP contribution in [0.15, 0.2) is 36.4 Å². The highest BCUT2D eigenvalue weighted by molar-refractivity contribution is 7.92. The van der Waals surface area contributed by atoms with Crippen molar-refractivity contribution in [2.75, 3.05) is 31.3 Å². The maximum Gasteiger partial charge on any atom is 0.433 e. The molecule has 2 aromatic rings. The SMILES string of the molecule is COCCOc1nc(C(F)(F)F)ccc1/C=C\C(=O)NCc1ccc(NS(C)(=O)=O)c(F)c1. The molecule has 0 atom stereocenters. The first kappa shape index (κ1) is 26.1. The van der Waals surface area contributed by atoms with Crippen LogP contribution in [0.4, 0.5) is 23.2 Å². The van der Waals surface area contributed by atoms with Gasteiger partial charge in [-0.05, 0) is 35.9 Å². The number of halogens is 4. The zero-order valence-electron chi connectivity index (χ0n) is 17.6. The largest absolute Gasteiger partial charge is 0.475 e. The number of benzene rings is 1. The minimum atomic E-state index is -4.67. The number of sulfonamides is 1. The Balaban J connectivity index is 2.06. The van der Waals surface area contributed by atoms with E-state index in [1.54, 1.807) is 0 Å². The maximum atomic E-state index is 14.0. The monoisotopic (exact) mass is 491 g/mol. The fourth-order valence-corrected chi connectivity index (χ4v) is 3.00. The molecule has 1 heterocycles. The predicted octanol–water partition coefficient (Wildman–Crippen LogP) is 2.97. The Bertz CT molecular complexity index is 1120.